The van der Waals surface area contributed by atoms with Gasteiger partial charge in [-0.2, -0.15) is 0 Å². The van der Waals surface area contributed by atoms with Crippen molar-refractivity contribution >= 4 is 51.6 Å². The number of fused-ring (bicyclic) bond motifs is 1. The van der Waals surface area contributed by atoms with Crippen LogP contribution in [-0.4, -0.2) is 29.3 Å². The number of phenols is 1. The number of nitrogens with one attached hydrogen (secondary N) is 1. The third-order valence-corrected chi connectivity index (χ3v) is 8.16. The largest absolute Gasteiger partial charge is 0.504 e. The Morgan fingerprint density at radius 3 is 2.67 bits per heavy atom. The lowest BCUT2D eigenvalue weighted by molar-refractivity contribution is -0.113. The van der Waals surface area contributed by atoms with Gasteiger partial charge in [0.05, 0.1) is 39.1 Å². The number of phenolic OH excluding ortho intramolecular Hbond substituents is 1. The number of aromatic nitrogens is 1. The van der Waals surface area contributed by atoms with Gasteiger partial charge in [-0.1, -0.05) is 41.7 Å². The van der Waals surface area contributed by atoms with Crippen LogP contribution in [0.15, 0.2) is 87.8 Å². The van der Waals surface area contributed by atoms with Crippen LogP contribution in [0.25, 0.3) is 6.08 Å². The zero-order valence-electron chi connectivity index (χ0n) is 22.0. The Morgan fingerprint density at radius 1 is 1.18 bits per heavy atom. The Morgan fingerprint density at radius 2 is 1.95 bits per heavy atom. The Kier molecular flexibility index (Phi) is 8.08. The first-order valence-corrected chi connectivity index (χ1v) is 14.4. The van der Waals surface area contributed by atoms with Crippen molar-refractivity contribution in [3.63, 3.8) is 0 Å². The number of carbonyl (C=O) groups is 1. The molecule has 5 rings (SSSR count). The first-order chi connectivity index (χ1) is 19.3. The zero-order valence-corrected chi connectivity index (χ0v) is 24.9. The number of ether oxygens (including phenoxy) is 2. The van der Waals surface area contributed by atoms with E-state index in [1.807, 2.05) is 72.0 Å². The van der Waals surface area contributed by atoms with Crippen LogP contribution in [-0.2, 0) is 4.79 Å². The molecule has 0 radical (unpaired) electrons. The molecule has 0 bridgehead atoms. The van der Waals surface area contributed by atoms with Crippen LogP contribution in [0.3, 0.4) is 0 Å². The summed E-state index contributed by atoms with van der Waals surface area (Å²) in [6, 6.07) is 19.3. The van der Waals surface area contributed by atoms with E-state index >= 15 is 0 Å². The third kappa shape index (κ3) is 5.41. The van der Waals surface area contributed by atoms with Crippen molar-refractivity contribution in [2.45, 2.75) is 19.9 Å². The van der Waals surface area contributed by atoms with Crippen LogP contribution < -0.4 is 29.7 Å². The van der Waals surface area contributed by atoms with Crippen molar-refractivity contribution in [2.24, 2.45) is 4.99 Å². The molecule has 3 aromatic carbocycles. The SMILES string of the molecule is CCOc1cc(/C=c2\sc3n(c2=O)[C@H](c2cccc(OC)c2)C(C(=O)Nc2ccccc2)=C(C)N=3)cc(I)c1O. The Labute approximate surface area is 248 Å². The highest BCUT2D eigenvalue weighted by Crippen LogP contribution is 2.34. The van der Waals surface area contributed by atoms with Crippen molar-refractivity contribution in [3.05, 3.63) is 112 Å². The Bertz CT molecular complexity index is 1810. The Balaban J connectivity index is 1.68. The maximum absolute atomic E-state index is 14.0. The lowest BCUT2D eigenvalue weighted by Gasteiger charge is -2.25. The van der Waals surface area contributed by atoms with Crippen molar-refractivity contribution in [3.8, 4) is 17.2 Å². The van der Waals surface area contributed by atoms with Gasteiger partial charge >= 0.3 is 0 Å². The normalized spacial score (nSPS) is 14.9. The van der Waals surface area contributed by atoms with Crippen LogP contribution in [0.5, 0.6) is 17.2 Å². The second-order valence-electron chi connectivity index (χ2n) is 8.96. The van der Waals surface area contributed by atoms with Crippen LogP contribution in [0, 0.1) is 3.57 Å². The zero-order chi connectivity index (χ0) is 28.4. The summed E-state index contributed by atoms with van der Waals surface area (Å²) in [4.78, 5) is 32.8. The van der Waals surface area contributed by atoms with Crippen LogP contribution in [0.1, 0.15) is 31.0 Å². The molecule has 0 saturated carbocycles. The maximum Gasteiger partial charge on any atom is 0.271 e. The smallest absolute Gasteiger partial charge is 0.271 e. The molecule has 0 fully saturated rings. The molecule has 1 aromatic heterocycles. The number of rotatable bonds is 7. The maximum atomic E-state index is 14.0. The fourth-order valence-electron chi connectivity index (χ4n) is 4.55. The summed E-state index contributed by atoms with van der Waals surface area (Å²) in [5, 5.41) is 13.3. The summed E-state index contributed by atoms with van der Waals surface area (Å²) in [7, 11) is 1.57. The molecule has 10 heteroatoms. The second kappa shape index (κ2) is 11.7. The van der Waals surface area contributed by atoms with Gasteiger partial charge in [-0.15, -0.1) is 0 Å². The van der Waals surface area contributed by atoms with E-state index in [1.54, 1.807) is 48.9 Å². The number of thiazole rings is 1. The molecule has 1 aliphatic rings. The molecule has 0 saturated heterocycles. The van der Waals surface area contributed by atoms with E-state index in [2.05, 4.69) is 5.32 Å². The number of benzene rings is 3. The average Bonchev–Trinajstić information content (AvgIpc) is 3.25. The highest BCUT2D eigenvalue weighted by Gasteiger charge is 2.32. The number of nitrogens with zero attached hydrogens (tertiary/aromatic N) is 2. The molecule has 204 valence electrons. The summed E-state index contributed by atoms with van der Waals surface area (Å²) in [6.45, 7) is 4.01. The molecule has 1 aliphatic heterocycles. The van der Waals surface area contributed by atoms with E-state index in [-0.39, 0.29) is 17.2 Å². The number of para-hydroxylation sites is 1. The van der Waals surface area contributed by atoms with E-state index < -0.39 is 6.04 Å². The number of halogens is 1. The molecule has 0 spiro atoms. The van der Waals surface area contributed by atoms with E-state index in [9.17, 15) is 14.7 Å². The topological polar surface area (TPSA) is 102 Å². The van der Waals surface area contributed by atoms with Gasteiger partial charge in [0.25, 0.3) is 11.5 Å². The predicted molar refractivity (Wildman–Crippen MR) is 164 cm³/mol. The van der Waals surface area contributed by atoms with E-state index in [4.69, 9.17) is 14.5 Å². The second-order valence-corrected chi connectivity index (χ2v) is 11.1. The van der Waals surface area contributed by atoms with Crippen LogP contribution >= 0.6 is 33.9 Å². The van der Waals surface area contributed by atoms with E-state index in [1.165, 1.54) is 11.3 Å². The van der Waals surface area contributed by atoms with Gasteiger partial charge in [-0.3, -0.25) is 14.2 Å². The number of allylic oxidation sites excluding steroid dienone is 1. The van der Waals surface area contributed by atoms with Gasteiger partial charge in [-0.05, 0) is 90.0 Å². The average molecular weight is 668 g/mol. The minimum absolute atomic E-state index is 0.0591. The molecule has 2 N–H and O–H groups in total. The Hall–Kier alpha value is -3.90. The summed E-state index contributed by atoms with van der Waals surface area (Å²) in [5.74, 6) is 0.672. The molecule has 1 atom stereocenters. The molecule has 40 heavy (non-hydrogen) atoms. The monoisotopic (exact) mass is 667 g/mol. The minimum atomic E-state index is -0.726. The number of methoxy groups -OCH3 is 1. The standard InChI is InChI=1S/C30H26IN3O5S/c1-4-39-23-14-18(13-22(31)27(23)35)15-24-29(37)34-26(19-9-8-12-21(16-19)38-3)25(17(2)32-30(34)40-24)28(36)33-20-10-6-5-7-11-20/h5-16,26,35H,4H2,1-3H3,(H,33,36)/b24-15-/t26-/m1/s1. The van der Waals surface area contributed by atoms with Crippen molar-refractivity contribution in [1.29, 1.82) is 0 Å². The first kappa shape index (κ1) is 27.7. The van der Waals surface area contributed by atoms with Gasteiger partial charge in [0, 0.05) is 5.69 Å². The fraction of sp³-hybridized carbons (Fsp3) is 0.167. The summed E-state index contributed by atoms with van der Waals surface area (Å²) in [5.41, 5.74) is 2.67. The van der Waals surface area contributed by atoms with Crippen LogP contribution in [0.2, 0.25) is 0 Å². The van der Waals surface area contributed by atoms with Gasteiger partial charge in [-0.25, -0.2) is 4.99 Å². The molecule has 8 nitrogen and oxygen atoms in total. The minimum Gasteiger partial charge on any atom is -0.504 e. The number of carbonyl (C=O) groups excluding carboxylic acids is 1. The van der Waals surface area contributed by atoms with Crippen LogP contribution in [0.4, 0.5) is 5.69 Å². The van der Waals surface area contributed by atoms with E-state index in [0.29, 0.717) is 53.5 Å². The molecule has 2 heterocycles. The summed E-state index contributed by atoms with van der Waals surface area (Å²) >= 11 is 3.27. The molecule has 4 aromatic rings. The lowest BCUT2D eigenvalue weighted by atomic mass is 9.95. The summed E-state index contributed by atoms with van der Waals surface area (Å²) in [6.07, 6.45) is 1.75. The molecule has 1 amide bonds. The van der Waals surface area contributed by atoms with Gasteiger partial charge in [0.2, 0.25) is 0 Å². The predicted octanol–water partition coefficient (Wildman–Crippen LogP) is 4.59. The number of amides is 1. The highest BCUT2D eigenvalue weighted by molar-refractivity contribution is 14.1. The third-order valence-electron chi connectivity index (χ3n) is 6.36. The van der Waals surface area contributed by atoms with Crippen molar-refractivity contribution in [1.82, 2.24) is 4.57 Å². The van der Waals surface area contributed by atoms with Gasteiger partial charge in [0.1, 0.15) is 5.75 Å². The molecule has 0 aliphatic carbocycles. The fourth-order valence-corrected chi connectivity index (χ4v) is 6.22. The quantitative estimate of drug-likeness (QED) is 0.281. The van der Waals surface area contributed by atoms with Crippen molar-refractivity contribution < 1.29 is 19.4 Å². The number of hydrogen-bond acceptors (Lipinski definition) is 7. The molecule has 0 unspecified atom stereocenters. The number of aromatic hydroxyl groups is 1. The van der Waals surface area contributed by atoms with E-state index in [0.717, 1.165) is 5.56 Å². The lowest BCUT2D eigenvalue weighted by Crippen LogP contribution is -2.40. The summed E-state index contributed by atoms with van der Waals surface area (Å²) < 4.78 is 13.6. The van der Waals surface area contributed by atoms with Gasteiger partial charge in [0.15, 0.2) is 16.3 Å². The highest BCUT2D eigenvalue weighted by atomic mass is 127. The number of anilines is 1. The number of hydrogen-bond donors (Lipinski definition) is 2. The van der Waals surface area contributed by atoms with Crippen molar-refractivity contribution in [2.75, 3.05) is 19.0 Å². The molecular weight excluding hydrogens is 641 g/mol. The first-order valence-electron chi connectivity index (χ1n) is 12.5. The van der Waals surface area contributed by atoms with Gasteiger partial charge < -0.3 is 19.9 Å². The molecular formula is C30H26IN3O5S.